The van der Waals surface area contributed by atoms with Crippen LogP contribution in [0.1, 0.15) is 44.2 Å². The van der Waals surface area contributed by atoms with Crippen LogP contribution in [0.15, 0.2) is 24.3 Å². The molecule has 1 amide bonds. The molecule has 1 aromatic carbocycles. The number of carbonyl (C=O) groups excluding carboxylic acids is 1. The van der Waals surface area contributed by atoms with Gasteiger partial charge in [-0.1, -0.05) is 18.2 Å². The Hall–Kier alpha value is -1.39. The number of hydrogen-bond donors (Lipinski definition) is 2. The van der Waals surface area contributed by atoms with E-state index < -0.39 is 0 Å². The zero-order chi connectivity index (χ0) is 14.4. The van der Waals surface area contributed by atoms with Crippen molar-refractivity contribution in [3.8, 4) is 0 Å². The number of carbonyl (C=O) groups is 1. The molecule has 0 radical (unpaired) electrons. The second-order valence-electron chi connectivity index (χ2n) is 5.32. The molecule has 20 heavy (non-hydrogen) atoms. The Morgan fingerprint density at radius 1 is 1.45 bits per heavy atom. The molecule has 4 nitrogen and oxygen atoms in total. The van der Waals surface area contributed by atoms with Gasteiger partial charge in [0.15, 0.2) is 0 Å². The molecule has 4 heteroatoms. The molecule has 110 valence electrons. The van der Waals surface area contributed by atoms with Crippen molar-refractivity contribution in [3.63, 3.8) is 0 Å². The van der Waals surface area contributed by atoms with E-state index >= 15 is 0 Å². The molecule has 2 rings (SSSR count). The summed E-state index contributed by atoms with van der Waals surface area (Å²) in [6.45, 7) is 2.92. The second kappa shape index (κ2) is 7.41. The van der Waals surface area contributed by atoms with Gasteiger partial charge < -0.3 is 15.4 Å². The predicted octanol–water partition coefficient (Wildman–Crippen LogP) is 2.86. The molecule has 0 saturated carbocycles. The van der Waals surface area contributed by atoms with Crippen LogP contribution >= 0.6 is 0 Å². The van der Waals surface area contributed by atoms with Crippen LogP contribution in [0.5, 0.6) is 0 Å². The van der Waals surface area contributed by atoms with Crippen molar-refractivity contribution in [2.24, 2.45) is 0 Å². The number of ether oxygens (including phenoxy) is 1. The van der Waals surface area contributed by atoms with Crippen LogP contribution in [0.3, 0.4) is 0 Å². The molecule has 0 aliphatic carbocycles. The molecule has 2 N–H and O–H groups in total. The lowest BCUT2D eigenvalue weighted by molar-refractivity contribution is -0.116. The highest BCUT2D eigenvalue weighted by Gasteiger charge is 2.17. The van der Waals surface area contributed by atoms with Crippen molar-refractivity contribution in [3.05, 3.63) is 29.8 Å². The summed E-state index contributed by atoms with van der Waals surface area (Å²) in [5.41, 5.74) is 2.01. The Labute approximate surface area is 120 Å². The summed E-state index contributed by atoms with van der Waals surface area (Å²) in [4.78, 5) is 12.0. The second-order valence-corrected chi connectivity index (χ2v) is 5.32. The normalized spacial score (nSPS) is 19.8. The van der Waals surface area contributed by atoms with Gasteiger partial charge in [0, 0.05) is 24.8 Å². The molecule has 1 aliphatic heterocycles. The largest absolute Gasteiger partial charge is 0.378 e. The highest BCUT2D eigenvalue weighted by molar-refractivity contribution is 5.91. The van der Waals surface area contributed by atoms with Gasteiger partial charge in [-0.3, -0.25) is 4.79 Å². The minimum atomic E-state index is 0.0660. The first-order valence-electron chi connectivity index (χ1n) is 7.38. The summed E-state index contributed by atoms with van der Waals surface area (Å²) >= 11 is 0. The molecule has 0 aromatic heterocycles. The van der Waals surface area contributed by atoms with Gasteiger partial charge >= 0.3 is 0 Å². The van der Waals surface area contributed by atoms with Crippen molar-refractivity contribution < 1.29 is 9.53 Å². The summed E-state index contributed by atoms with van der Waals surface area (Å²) in [5, 5.41) is 6.22. The standard InChI is InChI=1S/C16H24N2O2/c1-12(17-2)14-7-3-4-8-15(14)18-16(19)10-9-13-6-5-11-20-13/h3-4,7-8,12-13,17H,5-6,9-11H2,1-2H3,(H,18,19). The van der Waals surface area contributed by atoms with Crippen molar-refractivity contribution in [1.29, 1.82) is 0 Å². The van der Waals surface area contributed by atoms with Gasteiger partial charge in [-0.2, -0.15) is 0 Å². The van der Waals surface area contributed by atoms with Crippen LogP contribution in [-0.4, -0.2) is 25.7 Å². The van der Waals surface area contributed by atoms with Crippen LogP contribution in [0.25, 0.3) is 0 Å². The van der Waals surface area contributed by atoms with Gasteiger partial charge in [0.1, 0.15) is 0 Å². The summed E-state index contributed by atoms with van der Waals surface area (Å²) in [7, 11) is 1.92. The van der Waals surface area contributed by atoms with Crippen LogP contribution < -0.4 is 10.6 Å². The number of para-hydroxylation sites is 1. The van der Waals surface area contributed by atoms with Crippen molar-refractivity contribution >= 4 is 11.6 Å². The van der Waals surface area contributed by atoms with E-state index in [2.05, 4.69) is 17.6 Å². The van der Waals surface area contributed by atoms with Crippen molar-refractivity contribution in [2.75, 3.05) is 19.0 Å². The average molecular weight is 276 g/mol. The van der Waals surface area contributed by atoms with E-state index in [9.17, 15) is 4.79 Å². The van der Waals surface area contributed by atoms with Gasteiger partial charge in [-0.05, 0) is 44.9 Å². The summed E-state index contributed by atoms with van der Waals surface area (Å²) < 4.78 is 5.54. The zero-order valence-electron chi connectivity index (χ0n) is 12.3. The monoisotopic (exact) mass is 276 g/mol. The highest BCUT2D eigenvalue weighted by Crippen LogP contribution is 2.23. The Kier molecular flexibility index (Phi) is 5.56. The molecule has 1 heterocycles. The van der Waals surface area contributed by atoms with E-state index in [1.54, 1.807) is 0 Å². The number of amides is 1. The first-order chi connectivity index (χ1) is 9.70. The Bertz CT molecular complexity index is 442. The van der Waals surface area contributed by atoms with Gasteiger partial charge in [0.05, 0.1) is 6.10 Å². The molecule has 1 aromatic rings. The third kappa shape index (κ3) is 4.05. The number of nitrogens with one attached hydrogen (secondary N) is 2. The van der Waals surface area contributed by atoms with Crippen LogP contribution in [0, 0.1) is 0 Å². The molecule has 1 fully saturated rings. The van der Waals surface area contributed by atoms with Crippen LogP contribution in [0.4, 0.5) is 5.69 Å². The fraction of sp³-hybridized carbons (Fsp3) is 0.562. The van der Waals surface area contributed by atoms with Gasteiger partial charge in [-0.15, -0.1) is 0 Å². The van der Waals surface area contributed by atoms with Gasteiger partial charge in [-0.25, -0.2) is 0 Å². The fourth-order valence-corrected chi connectivity index (χ4v) is 2.52. The zero-order valence-corrected chi connectivity index (χ0v) is 12.3. The molecular weight excluding hydrogens is 252 g/mol. The summed E-state index contributed by atoms with van der Waals surface area (Å²) in [6.07, 6.45) is 3.81. The molecule has 2 atom stereocenters. The van der Waals surface area contributed by atoms with Gasteiger partial charge in [0.2, 0.25) is 5.91 Å². The topological polar surface area (TPSA) is 50.4 Å². The maximum Gasteiger partial charge on any atom is 0.224 e. The quantitative estimate of drug-likeness (QED) is 0.840. The van der Waals surface area contributed by atoms with E-state index in [1.165, 1.54) is 0 Å². The van der Waals surface area contributed by atoms with Crippen LogP contribution in [0.2, 0.25) is 0 Å². The van der Waals surface area contributed by atoms with E-state index in [1.807, 2.05) is 31.3 Å². The first-order valence-corrected chi connectivity index (χ1v) is 7.38. The lowest BCUT2D eigenvalue weighted by Crippen LogP contribution is -2.19. The lowest BCUT2D eigenvalue weighted by Gasteiger charge is -2.16. The fourth-order valence-electron chi connectivity index (χ4n) is 2.52. The average Bonchev–Trinajstić information content (AvgIpc) is 2.98. The molecule has 1 saturated heterocycles. The van der Waals surface area contributed by atoms with Gasteiger partial charge in [0.25, 0.3) is 0 Å². The summed E-state index contributed by atoms with van der Waals surface area (Å²) in [5.74, 6) is 0.0660. The van der Waals surface area contributed by atoms with E-state index in [4.69, 9.17) is 4.74 Å². The van der Waals surface area contributed by atoms with Crippen molar-refractivity contribution in [2.45, 2.75) is 44.8 Å². The third-order valence-electron chi connectivity index (χ3n) is 3.85. The number of anilines is 1. The molecular formula is C16H24N2O2. The Morgan fingerprint density at radius 3 is 2.95 bits per heavy atom. The SMILES string of the molecule is CNC(C)c1ccccc1NC(=O)CCC1CCCO1. The minimum Gasteiger partial charge on any atom is -0.378 e. The number of benzene rings is 1. The third-order valence-corrected chi connectivity index (χ3v) is 3.85. The molecule has 1 aliphatic rings. The molecule has 0 bridgehead atoms. The highest BCUT2D eigenvalue weighted by atomic mass is 16.5. The smallest absolute Gasteiger partial charge is 0.224 e. The lowest BCUT2D eigenvalue weighted by atomic mass is 10.1. The molecule has 2 unspecified atom stereocenters. The Morgan fingerprint density at radius 2 is 2.25 bits per heavy atom. The number of hydrogen-bond acceptors (Lipinski definition) is 3. The summed E-state index contributed by atoms with van der Waals surface area (Å²) in [6, 6.07) is 8.14. The maximum atomic E-state index is 12.0. The number of rotatable bonds is 6. The maximum absolute atomic E-state index is 12.0. The predicted molar refractivity (Wildman–Crippen MR) is 80.8 cm³/mol. The van der Waals surface area contributed by atoms with E-state index in [-0.39, 0.29) is 18.1 Å². The van der Waals surface area contributed by atoms with E-state index in [0.717, 1.165) is 37.1 Å². The molecule has 0 spiro atoms. The van der Waals surface area contributed by atoms with Crippen molar-refractivity contribution in [1.82, 2.24) is 5.32 Å². The van der Waals surface area contributed by atoms with Crippen LogP contribution in [-0.2, 0) is 9.53 Å². The minimum absolute atomic E-state index is 0.0660. The first kappa shape index (κ1) is 15.0. The Balaban J connectivity index is 1.90. The van der Waals surface area contributed by atoms with E-state index in [0.29, 0.717) is 6.42 Å².